The first-order valence-electron chi connectivity index (χ1n) is 10.3. The van der Waals surface area contributed by atoms with Gasteiger partial charge in [-0.1, -0.05) is 18.2 Å². The summed E-state index contributed by atoms with van der Waals surface area (Å²) < 4.78 is 50.4. The summed E-state index contributed by atoms with van der Waals surface area (Å²) in [4.78, 5) is 23.7. The molecule has 5 rings (SSSR count). The van der Waals surface area contributed by atoms with E-state index in [1.54, 1.807) is 6.92 Å². The predicted molar refractivity (Wildman–Crippen MR) is 122 cm³/mol. The van der Waals surface area contributed by atoms with Crippen LogP contribution in [0.25, 0.3) is 11.5 Å². The number of carbonyl (C=O) groups is 1. The molecule has 0 aliphatic carbocycles. The van der Waals surface area contributed by atoms with Gasteiger partial charge in [0, 0.05) is 6.07 Å². The molecule has 36 heavy (non-hydrogen) atoms. The van der Waals surface area contributed by atoms with Crippen LogP contribution in [0.4, 0.5) is 29.3 Å². The lowest BCUT2D eigenvalue weighted by Gasteiger charge is -2.33. The van der Waals surface area contributed by atoms with Crippen molar-refractivity contribution in [2.75, 3.05) is 23.9 Å². The minimum absolute atomic E-state index is 0.102. The number of aromatic nitrogens is 7. The smallest absolute Gasteiger partial charge is 0.408 e. The Morgan fingerprint density at radius 1 is 1.22 bits per heavy atom. The zero-order valence-electron chi connectivity index (χ0n) is 18.8. The van der Waals surface area contributed by atoms with E-state index in [9.17, 15) is 18.0 Å². The number of nitrogens with zero attached hydrogens (tertiary/aromatic N) is 8. The molecule has 186 valence electrons. The molecule has 4 aromatic heterocycles. The lowest BCUT2D eigenvalue weighted by molar-refractivity contribution is -0.184. The van der Waals surface area contributed by atoms with Gasteiger partial charge in [0.2, 0.25) is 0 Å². The highest BCUT2D eigenvalue weighted by molar-refractivity contribution is 6.32. The Labute approximate surface area is 206 Å². The van der Waals surface area contributed by atoms with Crippen molar-refractivity contribution in [2.45, 2.75) is 18.5 Å². The summed E-state index contributed by atoms with van der Waals surface area (Å²) >= 11 is 6.25. The standard InChI is InChI=1S/C21H17ClF3N9O2/c1-11-6-16-26-9-15-17(33(16)31-11)20(12(2)36-3,21(23,24)25)10-32(15)19(35)30-13-7-14(22)18(27-8-13)34-28-4-5-29-34/h4-9H,2,10H2,1,3H3,(H,30,35)/t20-/m0/s1. The minimum Gasteiger partial charge on any atom is -0.500 e. The van der Waals surface area contributed by atoms with E-state index in [-0.39, 0.29) is 33.6 Å². The van der Waals surface area contributed by atoms with Crippen LogP contribution < -0.4 is 10.2 Å². The summed E-state index contributed by atoms with van der Waals surface area (Å²) in [5.41, 5.74) is -2.42. The molecule has 1 N–H and O–H groups in total. The van der Waals surface area contributed by atoms with Crippen LogP contribution in [0, 0.1) is 6.92 Å². The van der Waals surface area contributed by atoms with Gasteiger partial charge in [0.05, 0.1) is 66.2 Å². The molecule has 0 spiro atoms. The zero-order chi connectivity index (χ0) is 25.8. The van der Waals surface area contributed by atoms with Crippen LogP contribution in [-0.2, 0) is 10.2 Å². The molecule has 5 heterocycles. The van der Waals surface area contributed by atoms with Gasteiger partial charge in [-0.25, -0.2) is 19.3 Å². The largest absolute Gasteiger partial charge is 0.500 e. The first-order valence-corrected chi connectivity index (χ1v) is 10.7. The molecule has 0 radical (unpaired) electrons. The van der Waals surface area contributed by atoms with Crippen LogP contribution in [0.2, 0.25) is 5.02 Å². The Balaban J connectivity index is 1.58. The van der Waals surface area contributed by atoms with Crippen molar-refractivity contribution in [2.24, 2.45) is 0 Å². The molecule has 1 aliphatic rings. The van der Waals surface area contributed by atoms with Crippen molar-refractivity contribution >= 4 is 34.7 Å². The normalized spacial score (nSPS) is 17.3. The fraction of sp³-hybridized carbons (Fsp3) is 0.238. The fourth-order valence-electron chi connectivity index (χ4n) is 4.15. The van der Waals surface area contributed by atoms with Gasteiger partial charge in [0.15, 0.2) is 16.9 Å². The van der Waals surface area contributed by atoms with Gasteiger partial charge in [-0.05, 0) is 13.0 Å². The number of rotatable bonds is 4. The molecular formula is C21H17ClF3N9O2. The van der Waals surface area contributed by atoms with Gasteiger partial charge in [0.25, 0.3) is 0 Å². The summed E-state index contributed by atoms with van der Waals surface area (Å²) in [6.45, 7) is 4.30. The second-order valence-corrected chi connectivity index (χ2v) is 8.35. The van der Waals surface area contributed by atoms with Gasteiger partial charge in [0.1, 0.15) is 5.76 Å². The average molecular weight is 520 g/mol. The molecule has 11 nitrogen and oxygen atoms in total. The average Bonchev–Trinajstić information content (AvgIpc) is 3.54. The van der Waals surface area contributed by atoms with Gasteiger partial charge in [-0.2, -0.15) is 28.5 Å². The molecule has 0 fully saturated rings. The Hall–Kier alpha value is -4.20. The summed E-state index contributed by atoms with van der Waals surface area (Å²) in [5, 5.41) is 14.7. The molecule has 15 heteroatoms. The maximum atomic E-state index is 14.8. The Morgan fingerprint density at radius 3 is 2.58 bits per heavy atom. The summed E-state index contributed by atoms with van der Waals surface area (Å²) in [6.07, 6.45) is 0.459. The number of hydrogen-bond acceptors (Lipinski definition) is 7. The van der Waals surface area contributed by atoms with Gasteiger partial charge >= 0.3 is 12.2 Å². The molecule has 0 bridgehead atoms. The SMILES string of the molecule is C=C(OC)[C@@]1(C(F)(F)F)CN(C(=O)Nc2cnc(-n3nccn3)c(Cl)c2)c2cnc3cc(C)nn3c21. The van der Waals surface area contributed by atoms with E-state index in [0.717, 1.165) is 16.5 Å². The quantitative estimate of drug-likeness (QED) is 0.409. The Morgan fingerprint density at radius 2 is 1.94 bits per heavy atom. The highest BCUT2D eigenvalue weighted by Gasteiger charge is 2.66. The van der Waals surface area contributed by atoms with Crippen LogP contribution in [0.15, 0.2) is 49.3 Å². The molecule has 0 aromatic carbocycles. The molecule has 4 aromatic rings. The first kappa shape index (κ1) is 23.5. The minimum atomic E-state index is -4.89. The van der Waals surface area contributed by atoms with Crippen molar-refractivity contribution < 1.29 is 22.7 Å². The summed E-state index contributed by atoms with van der Waals surface area (Å²) in [7, 11) is 1.09. The van der Waals surface area contributed by atoms with E-state index in [1.807, 2.05) is 0 Å². The number of hydrogen-bond donors (Lipinski definition) is 1. The van der Waals surface area contributed by atoms with E-state index < -0.39 is 29.9 Å². The summed E-state index contributed by atoms with van der Waals surface area (Å²) in [5.74, 6) is -0.382. The summed E-state index contributed by atoms with van der Waals surface area (Å²) in [6, 6.07) is 2.04. The number of urea groups is 1. The van der Waals surface area contributed by atoms with Gasteiger partial charge in [-0.3, -0.25) is 4.90 Å². The molecule has 0 saturated carbocycles. The number of methoxy groups -OCH3 is 1. The number of nitrogens with one attached hydrogen (secondary N) is 1. The highest BCUT2D eigenvalue weighted by Crippen LogP contribution is 2.54. The van der Waals surface area contributed by atoms with Gasteiger partial charge < -0.3 is 10.1 Å². The van der Waals surface area contributed by atoms with E-state index in [1.165, 1.54) is 41.7 Å². The van der Waals surface area contributed by atoms with Crippen molar-refractivity contribution in [1.29, 1.82) is 0 Å². The maximum Gasteiger partial charge on any atom is 0.408 e. The predicted octanol–water partition coefficient (Wildman–Crippen LogP) is 3.68. The lowest BCUT2D eigenvalue weighted by Crippen LogP contribution is -2.50. The number of ether oxygens (including phenoxy) is 1. The van der Waals surface area contributed by atoms with E-state index in [4.69, 9.17) is 16.3 Å². The van der Waals surface area contributed by atoms with Crippen LogP contribution in [0.1, 0.15) is 11.4 Å². The second-order valence-electron chi connectivity index (χ2n) is 7.94. The molecule has 1 aliphatic heterocycles. The third kappa shape index (κ3) is 3.44. The van der Waals surface area contributed by atoms with Crippen molar-refractivity contribution in [3.8, 4) is 5.82 Å². The number of halogens is 4. The molecular weight excluding hydrogens is 503 g/mol. The van der Waals surface area contributed by atoms with E-state index in [2.05, 4.69) is 37.2 Å². The molecule has 0 saturated heterocycles. The Kier molecular flexibility index (Phi) is 5.35. The topological polar surface area (TPSA) is 115 Å². The third-order valence-electron chi connectivity index (χ3n) is 5.81. The lowest BCUT2D eigenvalue weighted by atomic mass is 9.83. The first-order chi connectivity index (χ1) is 17.1. The molecule has 2 amide bonds. The van der Waals surface area contributed by atoms with Crippen molar-refractivity contribution in [3.05, 3.63) is 65.7 Å². The van der Waals surface area contributed by atoms with Crippen molar-refractivity contribution in [1.82, 2.24) is 34.6 Å². The fourth-order valence-corrected chi connectivity index (χ4v) is 4.40. The van der Waals surface area contributed by atoms with Gasteiger partial charge in [-0.15, -0.1) is 4.80 Å². The van der Waals surface area contributed by atoms with E-state index in [0.29, 0.717) is 5.69 Å². The number of anilines is 2. The van der Waals surface area contributed by atoms with E-state index >= 15 is 0 Å². The molecule has 0 unspecified atom stereocenters. The van der Waals surface area contributed by atoms with Crippen molar-refractivity contribution in [3.63, 3.8) is 0 Å². The maximum absolute atomic E-state index is 14.8. The Bertz CT molecular complexity index is 1500. The molecule has 1 atom stereocenters. The number of fused-ring (bicyclic) bond motifs is 3. The number of aryl methyl sites for hydroxylation is 1. The number of carbonyl (C=O) groups excluding carboxylic acids is 1. The van der Waals surface area contributed by atoms with Crippen LogP contribution in [0.3, 0.4) is 0 Å². The number of alkyl halides is 3. The third-order valence-corrected chi connectivity index (χ3v) is 6.09. The van der Waals surface area contributed by atoms with Crippen LogP contribution >= 0.6 is 11.6 Å². The highest BCUT2D eigenvalue weighted by atomic mass is 35.5. The second kappa shape index (κ2) is 8.19. The van der Waals surface area contributed by atoms with Crippen LogP contribution in [0.5, 0.6) is 0 Å². The number of pyridine rings is 1. The van der Waals surface area contributed by atoms with Crippen LogP contribution in [-0.4, -0.2) is 60.4 Å². The zero-order valence-corrected chi connectivity index (χ0v) is 19.5. The monoisotopic (exact) mass is 519 g/mol. The number of amides is 2.